The zero-order valence-electron chi connectivity index (χ0n) is 13.6. The fourth-order valence-corrected chi connectivity index (χ4v) is 3.30. The number of anilines is 1. The Bertz CT molecular complexity index is 926. The molecule has 0 bridgehead atoms. The second-order valence-electron chi connectivity index (χ2n) is 5.86. The van der Waals surface area contributed by atoms with Gasteiger partial charge in [-0.1, -0.05) is 48.9 Å². The van der Waals surface area contributed by atoms with Crippen LogP contribution in [0.1, 0.15) is 29.7 Å². The highest BCUT2D eigenvalue weighted by Crippen LogP contribution is 2.36. The van der Waals surface area contributed by atoms with E-state index in [0.717, 1.165) is 17.7 Å². The molecule has 4 rings (SSSR count). The lowest BCUT2D eigenvalue weighted by atomic mass is 10.0. The average molecular weight is 355 g/mol. The van der Waals surface area contributed by atoms with E-state index in [-0.39, 0.29) is 5.82 Å². The Morgan fingerprint density at radius 1 is 1.20 bits per heavy atom. The molecule has 0 saturated carbocycles. The number of halogens is 2. The summed E-state index contributed by atoms with van der Waals surface area (Å²) in [6.45, 7) is 2.12. The summed E-state index contributed by atoms with van der Waals surface area (Å²) in [6, 6.07) is 12.5. The molecule has 0 fully saturated rings. The van der Waals surface area contributed by atoms with Gasteiger partial charge in [-0.2, -0.15) is 10.1 Å². The van der Waals surface area contributed by atoms with Crippen LogP contribution in [-0.2, 0) is 6.42 Å². The van der Waals surface area contributed by atoms with Crippen LogP contribution in [0.4, 0.5) is 10.3 Å². The van der Waals surface area contributed by atoms with Crippen molar-refractivity contribution in [3.05, 3.63) is 82.4 Å². The Balaban J connectivity index is 1.83. The molecule has 1 atom stereocenters. The van der Waals surface area contributed by atoms with E-state index in [2.05, 4.69) is 34.5 Å². The molecule has 2 heterocycles. The number of rotatable bonds is 3. The van der Waals surface area contributed by atoms with Gasteiger partial charge in [-0.3, -0.25) is 0 Å². The molecule has 126 valence electrons. The van der Waals surface area contributed by atoms with Gasteiger partial charge in [0.05, 0.1) is 0 Å². The summed E-state index contributed by atoms with van der Waals surface area (Å²) in [6.07, 6.45) is 4.35. The van der Waals surface area contributed by atoms with Gasteiger partial charge in [-0.05, 0) is 35.8 Å². The van der Waals surface area contributed by atoms with Crippen molar-refractivity contribution in [3.8, 4) is 0 Å². The summed E-state index contributed by atoms with van der Waals surface area (Å²) in [5.74, 6) is 0.194. The van der Waals surface area contributed by atoms with Gasteiger partial charge < -0.3 is 5.32 Å². The van der Waals surface area contributed by atoms with Crippen LogP contribution in [0.15, 0.2) is 54.9 Å². The second kappa shape index (κ2) is 6.33. The van der Waals surface area contributed by atoms with Crippen LogP contribution in [0.25, 0.3) is 5.70 Å². The smallest absolute Gasteiger partial charge is 0.226 e. The molecule has 25 heavy (non-hydrogen) atoms. The third-order valence-corrected chi connectivity index (χ3v) is 4.71. The monoisotopic (exact) mass is 354 g/mol. The Kier molecular flexibility index (Phi) is 4.01. The standard InChI is InChI=1S/C19H16ClFN4/c1-2-12-6-8-13(9-7-12)16-10-17(25-19(24-16)22-11-23-25)18-14(20)4-3-5-15(18)21/h3-11,17H,2H2,1H3,(H,22,23,24)/t17-/m0/s1. The number of allylic oxidation sites excluding steroid dienone is 1. The number of aryl methyl sites for hydroxylation is 1. The first-order chi connectivity index (χ1) is 12.2. The number of nitrogens with one attached hydrogen (secondary N) is 1. The largest absolute Gasteiger partial charge is 0.324 e. The van der Waals surface area contributed by atoms with Crippen molar-refractivity contribution in [1.29, 1.82) is 0 Å². The van der Waals surface area contributed by atoms with Crippen LogP contribution in [0.5, 0.6) is 0 Å². The van der Waals surface area contributed by atoms with E-state index in [1.807, 2.05) is 18.2 Å². The number of nitrogens with zero attached hydrogens (tertiary/aromatic N) is 3. The van der Waals surface area contributed by atoms with Gasteiger partial charge in [0, 0.05) is 16.3 Å². The molecule has 0 spiro atoms. The zero-order chi connectivity index (χ0) is 17.4. The Hall–Kier alpha value is -2.66. The molecule has 1 aliphatic heterocycles. The molecule has 4 nitrogen and oxygen atoms in total. The van der Waals surface area contributed by atoms with Gasteiger partial charge in [-0.15, -0.1) is 0 Å². The van der Waals surface area contributed by atoms with E-state index in [1.54, 1.807) is 16.8 Å². The maximum absolute atomic E-state index is 14.5. The summed E-state index contributed by atoms with van der Waals surface area (Å²) < 4.78 is 16.1. The highest BCUT2D eigenvalue weighted by molar-refractivity contribution is 6.31. The van der Waals surface area contributed by atoms with Gasteiger partial charge in [0.15, 0.2) is 0 Å². The number of fused-ring (bicyclic) bond motifs is 1. The first-order valence-corrected chi connectivity index (χ1v) is 8.46. The van der Waals surface area contributed by atoms with Crippen molar-refractivity contribution >= 4 is 23.2 Å². The Labute approximate surface area is 150 Å². The van der Waals surface area contributed by atoms with E-state index < -0.39 is 6.04 Å². The van der Waals surface area contributed by atoms with Crippen LogP contribution in [0, 0.1) is 5.82 Å². The lowest BCUT2D eigenvalue weighted by molar-refractivity contribution is 0.551. The molecule has 0 amide bonds. The van der Waals surface area contributed by atoms with Crippen LogP contribution < -0.4 is 5.32 Å². The topological polar surface area (TPSA) is 42.7 Å². The highest BCUT2D eigenvalue weighted by atomic mass is 35.5. The minimum atomic E-state index is -0.465. The highest BCUT2D eigenvalue weighted by Gasteiger charge is 2.27. The van der Waals surface area contributed by atoms with Gasteiger partial charge in [0.2, 0.25) is 5.95 Å². The number of hydrogen-bond donors (Lipinski definition) is 1. The van der Waals surface area contributed by atoms with Crippen molar-refractivity contribution in [2.45, 2.75) is 19.4 Å². The summed E-state index contributed by atoms with van der Waals surface area (Å²) >= 11 is 6.28. The summed E-state index contributed by atoms with van der Waals surface area (Å²) in [4.78, 5) is 4.24. The number of benzene rings is 2. The van der Waals surface area contributed by atoms with Gasteiger partial charge in [0.1, 0.15) is 18.2 Å². The normalized spacial score (nSPS) is 16.1. The second-order valence-corrected chi connectivity index (χ2v) is 6.27. The minimum absolute atomic E-state index is 0.363. The van der Waals surface area contributed by atoms with Crippen LogP contribution in [-0.4, -0.2) is 14.8 Å². The van der Waals surface area contributed by atoms with Crippen LogP contribution in [0.3, 0.4) is 0 Å². The molecule has 2 aromatic carbocycles. The summed E-state index contributed by atoms with van der Waals surface area (Å²) in [5.41, 5.74) is 3.51. The van der Waals surface area contributed by atoms with Crippen molar-refractivity contribution in [1.82, 2.24) is 14.8 Å². The van der Waals surface area contributed by atoms with Gasteiger partial charge in [-0.25, -0.2) is 9.07 Å². The SMILES string of the molecule is CCc1ccc(C2=C[C@@H](c3c(F)cccc3Cl)n3ncnc3N2)cc1. The molecule has 3 aromatic rings. The molecule has 0 unspecified atom stereocenters. The maximum Gasteiger partial charge on any atom is 0.226 e. The minimum Gasteiger partial charge on any atom is -0.324 e. The van der Waals surface area contributed by atoms with E-state index in [0.29, 0.717) is 16.5 Å². The summed E-state index contributed by atoms with van der Waals surface area (Å²) in [7, 11) is 0. The average Bonchev–Trinajstić information content (AvgIpc) is 3.10. The first-order valence-electron chi connectivity index (χ1n) is 8.09. The van der Waals surface area contributed by atoms with E-state index in [1.165, 1.54) is 18.0 Å². The fourth-order valence-electron chi connectivity index (χ4n) is 3.02. The number of aromatic nitrogens is 3. The third-order valence-electron chi connectivity index (χ3n) is 4.38. The first kappa shape index (κ1) is 15.8. The third kappa shape index (κ3) is 2.81. The Morgan fingerprint density at radius 3 is 2.72 bits per heavy atom. The van der Waals surface area contributed by atoms with Crippen molar-refractivity contribution < 1.29 is 4.39 Å². The zero-order valence-corrected chi connectivity index (χ0v) is 14.3. The number of hydrogen-bond acceptors (Lipinski definition) is 3. The quantitative estimate of drug-likeness (QED) is 0.742. The predicted molar refractivity (Wildman–Crippen MR) is 97.0 cm³/mol. The van der Waals surface area contributed by atoms with Crippen molar-refractivity contribution in [2.24, 2.45) is 0 Å². The molecule has 1 aliphatic rings. The Morgan fingerprint density at radius 2 is 2.00 bits per heavy atom. The molecular weight excluding hydrogens is 339 g/mol. The van der Waals surface area contributed by atoms with Gasteiger partial charge in [0.25, 0.3) is 0 Å². The molecule has 0 aliphatic carbocycles. The van der Waals surface area contributed by atoms with E-state index in [9.17, 15) is 4.39 Å². The van der Waals surface area contributed by atoms with E-state index >= 15 is 0 Å². The fraction of sp³-hybridized carbons (Fsp3) is 0.158. The lowest BCUT2D eigenvalue weighted by Gasteiger charge is -2.25. The molecule has 0 saturated heterocycles. The van der Waals surface area contributed by atoms with Crippen LogP contribution >= 0.6 is 11.6 Å². The van der Waals surface area contributed by atoms with Crippen molar-refractivity contribution in [3.63, 3.8) is 0 Å². The molecule has 1 N–H and O–H groups in total. The maximum atomic E-state index is 14.5. The molecular formula is C19H16ClFN4. The lowest BCUT2D eigenvalue weighted by Crippen LogP contribution is -2.21. The van der Waals surface area contributed by atoms with Crippen molar-refractivity contribution in [2.75, 3.05) is 5.32 Å². The molecule has 0 radical (unpaired) electrons. The van der Waals surface area contributed by atoms with Crippen LogP contribution in [0.2, 0.25) is 5.02 Å². The molecule has 6 heteroatoms. The van der Waals surface area contributed by atoms with E-state index in [4.69, 9.17) is 11.6 Å². The predicted octanol–water partition coefficient (Wildman–Crippen LogP) is 4.69. The molecule has 1 aromatic heterocycles. The van der Waals surface area contributed by atoms with Gasteiger partial charge >= 0.3 is 0 Å². The summed E-state index contributed by atoms with van der Waals surface area (Å²) in [5, 5.41) is 7.85.